The second-order valence-corrected chi connectivity index (χ2v) is 5.70. The molecule has 0 unspecified atom stereocenters. The quantitative estimate of drug-likeness (QED) is 0.789. The summed E-state index contributed by atoms with van der Waals surface area (Å²) in [5.41, 5.74) is 8.61. The van der Waals surface area contributed by atoms with Gasteiger partial charge in [-0.3, -0.25) is 9.36 Å². The zero-order valence-corrected chi connectivity index (χ0v) is 13.2. The summed E-state index contributed by atoms with van der Waals surface area (Å²) in [6.45, 7) is 3.77. The Morgan fingerprint density at radius 3 is 2.65 bits per heavy atom. The molecule has 0 aliphatic rings. The maximum absolute atomic E-state index is 13.1. The van der Waals surface area contributed by atoms with E-state index in [9.17, 15) is 9.18 Å². The van der Waals surface area contributed by atoms with E-state index in [0.29, 0.717) is 22.4 Å². The Labute approximate surface area is 132 Å². The van der Waals surface area contributed by atoms with Gasteiger partial charge >= 0.3 is 0 Å². The van der Waals surface area contributed by atoms with E-state index >= 15 is 0 Å². The fraction of sp³-hybridized carbons (Fsp3) is 0.235. The lowest BCUT2D eigenvalue weighted by Gasteiger charge is -2.14. The highest BCUT2D eigenvalue weighted by atomic mass is 19.1. The molecular weight excluding hydrogens is 295 g/mol. The average molecular weight is 312 g/mol. The van der Waals surface area contributed by atoms with Crippen molar-refractivity contribution in [1.82, 2.24) is 14.5 Å². The molecule has 0 amide bonds. The van der Waals surface area contributed by atoms with Gasteiger partial charge in [0, 0.05) is 13.1 Å². The predicted molar refractivity (Wildman–Crippen MR) is 87.5 cm³/mol. The first-order valence-corrected chi connectivity index (χ1v) is 7.27. The molecule has 0 aliphatic heterocycles. The van der Waals surface area contributed by atoms with E-state index in [4.69, 9.17) is 5.73 Å². The monoisotopic (exact) mass is 312 g/mol. The molecule has 3 rings (SSSR count). The zero-order valence-electron chi connectivity index (χ0n) is 13.2. The van der Waals surface area contributed by atoms with Crippen molar-refractivity contribution in [1.29, 1.82) is 0 Å². The minimum absolute atomic E-state index is 0.179. The topological polar surface area (TPSA) is 73.8 Å². The molecule has 0 saturated heterocycles. The minimum Gasteiger partial charge on any atom is -0.324 e. The average Bonchev–Trinajstić information content (AvgIpc) is 2.51. The highest BCUT2D eigenvalue weighted by Gasteiger charge is 2.16. The summed E-state index contributed by atoms with van der Waals surface area (Å²) in [6, 6.07) is 6.27. The molecule has 23 heavy (non-hydrogen) atoms. The van der Waals surface area contributed by atoms with Gasteiger partial charge in [-0.2, -0.15) is 0 Å². The molecule has 2 heterocycles. The number of fused-ring (bicyclic) bond motifs is 1. The Bertz CT molecular complexity index is 945. The zero-order chi connectivity index (χ0) is 16.7. The summed E-state index contributed by atoms with van der Waals surface area (Å²) in [7, 11) is 1.63. The molecule has 118 valence electrons. The van der Waals surface area contributed by atoms with Crippen LogP contribution in [0.15, 0.2) is 35.3 Å². The number of rotatable bonds is 2. The normalized spacial score (nSPS) is 12.6. The molecule has 5 nitrogen and oxygen atoms in total. The lowest BCUT2D eigenvalue weighted by molar-refractivity contribution is 0.621. The van der Waals surface area contributed by atoms with E-state index < -0.39 is 5.82 Å². The van der Waals surface area contributed by atoms with Crippen molar-refractivity contribution in [2.45, 2.75) is 19.9 Å². The van der Waals surface area contributed by atoms with E-state index in [-0.39, 0.29) is 11.6 Å². The van der Waals surface area contributed by atoms with Crippen LogP contribution in [0, 0.1) is 12.7 Å². The lowest BCUT2D eigenvalue weighted by Crippen LogP contribution is -2.22. The van der Waals surface area contributed by atoms with Crippen molar-refractivity contribution in [3.63, 3.8) is 0 Å². The third-order valence-corrected chi connectivity index (χ3v) is 3.80. The Morgan fingerprint density at radius 1 is 1.30 bits per heavy atom. The number of halogens is 1. The Hall–Kier alpha value is -2.60. The van der Waals surface area contributed by atoms with Gasteiger partial charge in [-0.1, -0.05) is 6.07 Å². The number of benzene rings is 1. The van der Waals surface area contributed by atoms with E-state index in [2.05, 4.69) is 9.97 Å². The smallest absolute Gasteiger partial charge is 0.261 e. The number of aromatic nitrogens is 3. The third-order valence-electron chi connectivity index (χ3n) is 3.80. The highest BCUT2D eigenvalue weighted by Crippen LogP contribution is 2.24. The fourth-order valence-electron chi connectivity index (χ4n) is 2.64. The Morgan fingerprint density at radius 2 is 2.04 bits per heavy atom. The molecule has 0 radical (unpaired) electrons. The number of nitrogens with two attached hydrogens (primary N) is 1. The summed E-state index contributed by atoms with van der Waals surface area (Å²) in [4.78, 5) is 21.3. The van der Waals surface area contributed by atoms with Crippen LogP contribution in [-0.4, -0.2) is 14.5 Å². The molecule has 0 aliphatic carbocycles. The van der Waals surface area contributed by atoms with Crippen LogP contribution in [0.5, 0.6) is 0 Å². The van der Waals surface area contributed by atoms with Gasteiger partial charge in [0.2, 0.25) is 0 Å². The van der Waals surface area contributed by atoms with Crippen molar-refractivity contribution in [2.24, 2.45) is 12.8 Å². The van der Waals surface area contributed by atoms with E-state index in [1.54, 1.807) is 13.1 Å². The number of hydrogen-bond donors (Lipinski definition) is 1. The molecule has 6 heteroatoms. The molecule has 2 aromatic heterocycles. The van der Waals surface area contributed by atoms with Crippen molar-refractivity contribution in [2.75, 3.05) is 0 Å². The van der Waals surface area contributed by atoms with Crippen LogP contribution in [0.3, 0.4) is 0 Å². The van der Waals surface area contributed by atoms with E-state index in [1.807, 2.05) is 19.9 Å². The van der Waals surface area contributed by atoms with Gasteiger partial charge in [0.25, 0.3) is 5.56 Å². The van der Waals surface area contributed by atoms with Crippen LogP contribution in [-0.2, 0) is 7.05 Å². The number of nitrogens with zero attached hydrogens (tertiary/aromatic N) is 3. The highest BCUT2D eigenvalue weighted by molar-refractivity contribution is 5.84. The fourth-order valence-corrected chi connectivity index (χ4v) is 2.64. The molecule has 1 atom stereocenters. The first-order chi connectivity index (χ1) is 10.9. The van der Waals surface area contributed by atoms with Crippen molar-refractivity contribution in [3.8, 4) is 11.5 Å². The standard InChI is InChI=1S/C17H17FN4O/c1-9-6-12(10(2)19)15-13(7-9)17(23)22(3)16(21-15)14-5-4-11(18)8-20-14/h4-8,10H,19H2,1-3H3/t10-/m1/s1. The van der Waals surface area contributed by atoms with Crippen LogP contribution in [0.4, 0.5) is 4.39 Å². The summed E-state index contributed by atoms with van der Waals surface area (Å²) in [6.07, 6.45) is 1.10. The lowest BCUT2D eigenvalue weighted by atomic mass is 10.0. The molecule has 0 spiro atoms. The van der Waals surface area contributed by atoms with Gasteiger partial charge in [0.15, 0.2) is 5.82 Å². The SMILES string of the molecule is Cc1cc([C@@H](C)N)c2nc(-c3ccc(F)cn3)n(C)c(=O)c2c1. The minimum atomic E-state index is -0.438. The second-order valence-electron chi connectivity index (χ2n) is 5.70. The van der Waals surface area contributed by atoms with Crippen molar-refractivity contribution in [3.05, 3.63) is 57.8 Å². The van der Waals surface area contributed by atoms with Gasteiger partial charge in [0.05, 0.1) is 17.1 Å². The molecular formula is C17H17FN4O. The number of aryl methyl sites for hydroxylation is 1. The first-order valence-electron chi connectivity index (χ1n) is 7.27. The van der Waals surface area contributed by atoms with Gasteiger partial charge in [0.1, 0.15) is 11.5 Å². The van der Waals surface area contributed by atoms with Crippen LogP contribution in [0.25, 0.3) is 22.4 Å². The van der Waals surface area contributed by atoms with Crippen molar-refractivity contribution < 1.29 is 4.39 Å². The maximum Gasteiger partial charge on any atom is 0.261 e. The Kier molecular flexibility index (Phi) is 3.69. The van der Waals surface area contributed by atoms with E-state index in [1.165, 1.54) is 16.7 Å². The number of hydrogen-bond acceptors (Lipinski definition) is 4. The largest absolute Gasteiger partial charge is 0.324 e. The van der Waals surface area contributed by atoms with Crippen molar-refractivity contribution >= 4 is 10.9 Å². The van der Waals surface area contributed by atoms with Crippen LogP contribution >= 0.6 is 0 Å². The van der Waals surface area contributed by atoms with Gasteiger partial charge < -0.3 is 5.73 Å². The van der Waals surface area contributed by atoms with Crippen LogP contribution < -0.4 is 11.3 Å². The van der Waals surface area contributed by atoms with Gasteiger partial charge in [-0.05, 0) is 43.2 Å². The summed E-state index contributed by atoms with van der Waals surface area (Å²) >= 11 is 0. The van der Waals surface area contributed by atoms with Crippen LogP contribution in [0.1, 0.15) is 24.1 Å². The predicted octanol–water partition coefficient (Wildman–Crippen LogP) is 2.46. The van der Waals surface area contributed by atoms with Gasteiger partial charge in [-0.25, -0.2) is 14.4 Å². The van der Waals surface area contributed by atoms with E-state index in [0.717, 1.165) is 17.3 Å². The molecule has 0 fully saturated rings. The summed E-state index contributed by atoms with van der Waals surface area (Å²) < 4.78 is 14.5. The molecule has 3 aromatic rings. The third kappa shape index (κ3) is 2.61. The number of pyridine rings is 1. The van der Waals surface area contributed by atoms with Crippen LogP contribution in [0.2, 0.25) is 0 Å². The summed E-state index contributed by atoms with van der Waals surface area (Å²) in [5.74, 6) is -0.0558. The first kappa shape index (κ1) is 15.3. The van der Waals surface area contributed by atoms with Gasteiger partial charge in [-0.15, -0.1) is 0 Å². The molecule has 0 saturated carbocycles. The molecule has 2 N–H and O–H groups in total. The second kappa shape index (κ2) is 5.55. The molecule has 0 bridgehead atoms. The Balaban J connectivity index is 2.39. The summed E-state index contributed by atoms with van der Waals surface area (Å²) in [5, 5.41) is 0.519. The molecule has 1 aromatic carbocycles. The maximum atomic E-state index is 13.1.